The zero-order valence-electron chi connectivity index (χ0n) is 28.6. The van der Waals surface area contributed by atoms with E-state index < -0.39 is 17.9 Å². The highest BCUT2D eigenvalue weighted by molar-refractivity contribution is 5.86. The first-order chi connectivity index (χ1) is 24.4. The minimum absolute atomic E-state index is 0.0322. The molecule has 0 aromatic carbocycles. The molecule has 0 atom stereocenters. The van der Waals surface area contributed by atoms with Crippen LogP contribution in [0, 0.1) is 6.92 Å². The third-order valence-electron chi connectivity index (χ3n) is 7.96. The number of pyridine rings is 5. The van der Waals surface area contributed by atoms with E-state index in [2.05, 4.69) is 44.7 Å². The number of carbonyl (C=O) groups is 3. The van der Waals surface area contributed by atoms with Crippen molar-refractivity contribution in [2.75, 3.05) is 0 Å². The number of carboxylic acids is 3. The number of hydrogen-bond acceptors (Lipinski definition) is 10. The first kappa shape index (κ1) is 36.4. The number of aryl methyl sites for hydroxylation is 1. The first-order valence-electron chi connectivity index (χ1n) is 16.4. The average Bonchev–Trinajstić information content (AvgIpc) is 3.08. The standard InChI is InChI=1S/C38H39N7O6/c1-24(2)26-16-31(22-44(18-27-9-4-8-25(3)39-27)19-28-10-5-13-33(41-28)36(46)47)40-32(17-26)23-45(20-29-11-6-14-34(42-29)37(48)49)21-30-12-7-15-35(43-30)38(50)51/h4-17,24H,18-23H2,1-3H3,(H,46,47)(H,48,49)(H,50,51). The van der Waals surface area contributed by atoms with Crippen LogP contribution < -0.4 is 0 Å². The van der Waals surface area contributed by atoms with Crippen molar-refractivity contribution in [2.45, 2.75) is 66.0 Å². The molecule has 0 radical (unpaired) electrons. The van der Waals surface area contributed by atoms with Gasteiger partial charge in [-0.05, 0) is 79.1 Å². The van der Waals surface area contributed by atoms with Gasteiger partial charge in [0.15, 0.2) is 0 Å². The van der Waals surface area contributed by atoms with Gasteiger partial charge in [0.25, 0.3) is 0 Å². The van der Waals surface area contributed by atoms with E-state index in [1.54, 1.807) is 36.4 Å². The van der Waals surface area contributed by atoms with Gasteiger partial charge < -0.3 is 15.3 Å². The predicted molar refractivity (Wildman–Crippen MR) is 187 cm³/mol. The fraction of sp³-hybridized carbons (Fsp3) is 0.263. The third-order valence-corrected chi connectivity index (χ3v) is 7.96. The summed E-state index contributed by atoms with van der Waals surface area (Å²) >= 11 is 0. The van der Waals surface area contributed by atoms with Crippen molar-refractivity contribution in [1.82, 2.24) is 34.7 Å². The monoisotopic (exact) mass is 689 g/mol. The van der Waals surface area contributed by atoms with Gasteiger partial charge in [0.2, 0.25) is 0 Å². The fourth-order valence-corrected chi connectivity index (χ4v) is 5.63. The Hall–Kier alpha value is -5.92. The minimum atomic E-state index is -1.13. The van der Waals surface area contributed by atoms with Gasteiger partial charge in [-0.1, -0.05) is 38.1 Å². The van der Waals surface area contributed by atoms with Crippen molar-refractivity contribution < 1.29 is 29.7 Å². The zero-order chi connectivity index (χ0) is 36.5. The first-order valence-corrected chi connectivity index (χ1v) is 16.4. The summed E-state index contributed by atoms with van der Waals surface area (Å²) in [6.45, 7) is 8.17. The SMILES string of the molecule is Cc1cccc(CN(Cc2cc(C(C)C)cc(CN(Cc3cccc(C(=O)O)n3)Cc3cccc(C(=O)O)n3)n2)Cc2cccc(C(=O)O)n2)n1. The molecule has 262 valence electrons. The lowest BCUT2D eigenvalue weighted by atomic mass is 10.0. The van der Waals surface area contributed by atoms with Gasteiger partial charge in [0, 0.05) is 45.0 Å². The second kappa shape index (κ2) is 16.7. The molecule has 0 aliphatic heterocycles. The van der Waals surface area contributed by atoms with Crippen molar-refractivity contribution in [2.24, 2.45) is 0 Å². The molecule has 0 amide bonds. The molecule has 3 N–H and O–H groups in total. The molecule has 51 heavy (non-hydrogen) atoms. The molecule has 13 nitrogen and oxygen atoms in total. The summed E-state index contributed by atoms with van der Waals surface area (Å²) in [5, 5.41) is 28.6. The van der Waals surface area contributed by atoms with Gasteiger partial charge in [-0.3, -0.25) is 19.8 Å². The van der Waals surface area contributed by atoms with Crippen LogP contribution >= 0.6 is 0 Å². The molecule has 0 unspecified atom stereocenters. The Morgan fingerprint density at radius 3 is 1.18 bits per heavy atom. The maximum Gasteiger partial charge on any atom is 0.354 e. The third kappa shape index (κ3) is 10.5. The summed E-state index contributed by atoms with van der Waals surface area (Å²) in [6, 6.07) is 24.5. The van der Waals surface area contributed by atoms with Crippen LogP contribution in [0.1, 0.15) is 96.7 Å². The molecule has 0 saturated heterocycles. The minimum Gasteiger partial charge on any atom is -0.477 e. The molecule has 0 aliphatic carbocycles. The highest BCUT2D eigenvalue weighted by atomic mass is 16.4. The van der Waals surface area contributed by atoms with Crippen LogP contribution in [0.5, 0.6) is 0 Å². The maximum absolute atomic E-state index is 11.7. The second-order valence-electron chi connectivity index (χ2n) is 12.6. The van der Waals surface area contributed by atoms with Gasteiger partial charge in [-0.25, -0.2) is 29.3 Å². The van der Waals surface area contributed by atoms with Gasteiger partial charge in [0.1, 0.15) is 17.1 Å². The van der Waals surface area contributed by atoms with Crippen LogP contribution in [-0.4, -0.2) is 67.9 Å². The number of rotatable bonds is 16. The van der Waals surface area contributed by atoms with Crippen LogP contribution in [0.15, 0.2) is 84.9 Å². The smallest absolute Gasteiger partial charge is 0.354 e. The van der Waals surface area contributed by atoms with Crippen LogP contribution in [0.2, 0.25) is 0 Å². The van der Waals surface area contributed by atoms with Crippen LogP contribution in [-0.2, 0) is 39.3 Å². The fourth-order valence-electron chi connectivity index (χ4n) is 5.63. The Morgan fingerprint density at radius 2 is 0.843 bits per heavy atom. The lowest BCUT2D eigenvalue weighted by Gasteiger charge is -2.25. The van der Waals surface area contributed by atoms with E-state index in [0.717, 1.165) is 28.3 Å². The van der Waals surface area contributed by atoms with Gasteiger partial charge >= 0.3 is 17.9 Å². The van der Waals surface area contributed by atoms with E-state index in [9.17, 15) is 29.7 Å². The Balaban J connectivity index is 1.48. The van der Waals surface area contributed by atoms with Gasteiger partial charge in [0.05, 0.1) is 34.2 Å². The lowest BCUT2D eigenvalue weighted by Crippen LogP contribution is -2.26. The van der Waals surface area contributed by atoms with Crippen molar-refractivity contribution in [1.29, 1.82) is 0 Å². The van der Waals surface area contributed by atoms with E-state index in [4.69, 9.17) is 4.98 Å². The van der Waals surface area contributed by atoms with E-state index in [1.165, 1.54) is 18.2 Å². The Kier molecular flexibility index (Phi) is 11.9. The second-order valence-corrected chi connectivity index (χ2v) is 12.6. The molecule has 0 fully saturated rings. The zero-order valence-corrected chi connectivity index (χ0v) is 28.6. The normalized spacial score (nSPS) is 11.3. The van der Waals surface area contributed by atoms with E-state index >= 15 is 0 Å². The van der Waals surface area contributed by atoms with E-state index in [0.29, 0.717) is 43.3 Å². The highest BCUT2D eigenvalue weighted by Gasteiger charge is 2.18. The molecule has 5 rings (SSSR count). The number of aromatic nitrogens is 5. The van der Waals surface area contributed by atoms with Crippen molar-refractivity contribution in [3.63, 3.8) is 0 Å². The number of aromatic carboxylic acids is 3. The largest absolute Gasteiger partial charge is 0.477 e. The number of carboxylic acid groups (broad SMARTS) is 3. The molecule has 5 heterocycles. The predicted octanol–water partition coefficient (Wildman–Crippen LogP) is 5.59. The summed E-state index contributed by atoms with van der Waals surface area (Å²) in [4.78, 5) is 61.8. The van der Waals surface area contributed by atoms with Crippen molar-refractivity contribution in [3.8, 4) is 0 Å². The number of nitrogens with zero attached hydrogens (tertiary/aromatic N) is 7. The molecule has 0 bridgehead atoms. The molecular formula is C38H39N7O6. The molecule has 13 heteroatoms. The van der Waals surface area contributed by atoms with Gasteiger partial charge in [-0.2, -0.15) is 0 Å². The Morgan fingerprint density at radius 1 is 0.510 bits per heavy atom. The quantitative estimate of drug-likeness (QED) is 0.117. The highest BCUT2D eigenvalue weighted by Crippen LogP contribution is 2.21. The topological polar surface area (TPSA) is 183 Å². The molecule has 5 aromatic heterocycles. The molecule has 5 aromatic rings. The van der Waals surface area contributed by atoms with Gasteiger partial charge in [-0.15, -0.1) is 0 Å². The average molecular weight is 690 g/mol. The van der Waals surface area contributed by atoms with Crippen LogP contribution in [0.3, 0.4) is 0 Å². The Labute approximate surface area is 295 Å². The molecule has 0 saturated carbocycles. The molecule has 0 aliphatic rings. The summed E-state index contributed by atoms with van der Waals surface area (Å²) in [5.74, 6) is -3.20. The summed E-state index contributed by atoms with van der Waals surface area (Å²) in [6.07, 6.45) is 0. The summed E-state index contributed by atoms with van der Waals surface area (Å²) in [5.41, 5.74) is 5.79. The van der Waals surface area contributed by atoms with E-state index in [-0.39, 0.29) is 36.1 Å². The number of hydrogen-bond donors (Lipinski definition) is 3. The summed E-state index contributed by atoms with van der Waals surface area (Å²) in [7, 11) is 0. The van der Waals surface area contributed by atoms with Crippen molar-refractivity contribution >= 4 is 17.9 Å². The summed E-state index contributed by atoms with van der Waals surface area (Å²) < 4.78 is 0. The maximum atomic E-state index is 11.7. The van der Waals surface area contributed by atoms with Crippen LogP contribution in [0.25, 0.3) is 0 Å². The molecule has 0 spiro atoms. The van der Waals surface area contributed by atoms with Crippen LogP contribution in [0.4, 0.5) is 0 Å². The van der Waals surface area contributed by atoms with Crippen molar-refractivity contribution in [3.05, 3.63) is 147 Å². The molecular weight excluding hydrogens is 650 g/mol. The van der Waals surface area contributed by atoms with E-state index in [1.807, 2.05) is 36.1 Å². The lowest BCUT2D eigenvalue weighted by molar-refractivity contribution is 0.0679. The Bertz CT molecular complexity index is 1980.